The number of oxazole rings is 4. The number of methoxy groups -OCH3 is 3. The molecule has 0 bridgehead atoms. The second kappa shape index (κ2) is 43.9. The van der Waals surface area contributed by atoms with Gasteiger partial charge in [-0.15, -0.1) is 0 Å². The van der Waals surface area contributed by atoms with Crippen LogP contribution < -0.4 is 67.1 Å². The Morgan fingerprint density at radius 2 is 0.889 bits per heavy atom. The maximum absolute atomic E-state index is 14.6. The SMILES string of the molecule is CCCCC(=S)Nc1ccc(OC)c(F)c1O.CCCNc1nc2ccc(O)c(F)c2o1.CCCNc1nc2ccc(OC)c(F)c2o1.CCCNc1nc2ccc(OC/C(=C/F)CN)c(F)c2o1.CCCNc1nc2ccc(OC/C(=C/F)CNC(=O)OC(C)(C)C)c(F)c2o1.COc1ccc(N)c(O)c1F. The first-order valence-electron chi connectivity index (χ1n) is 33.9. The molecule has 0 aliphatic heterocycles. The summed E-state index contributed by atoms with van der Waals surface area (Å²) >= 11 is 5.09. The van der Waals surface area contributed by atoms with Crippen LogP contribution in [0.4, 0.5) is 75.4 Å². The number of hydrogen-bond donors (Lipinski definition) is 11. The first-order chi connectivity index (χ1) is 51.7. The van der Waals surface area contributed by atoms with Crippen LogP contribution in [0.3, 0.4) is 0 Å². The fourth-order valence-corrected chi connectivity index (χ4v) is 8.81. The molecule has 4 aromatic heterocycles. The van der Waals surface area contributed by atoms with Crippen LogP contribution in [0.1, 0.15) is 100 Å². The maximum atomic E-state index is 14.6. The first kappa shape index (κ1) is 87.3. The van der Waals surface area contributed by atoms with Crippen molar-refractivity contribution in [3.63, 3.8) is 0 Å². The molecular weight excluding hydrogens is 1450 g/mol. The van der Waals surface area contributed by atoms with Gasteiger partial charge < -0.3 is 105 Å². The molecule has 26 nitrogen and oxygen atoms in total. The van der Waals surface area contributed by atoms with Gasteiger partial charge in [-0.05, 0) is 132 Å². The predicted octanol–water partition coefficient (Wildman–Crippen LogP) is 17.4. The quantitative estimate of drug-likeness (QED) is 0.00939. The van der Waals surface area contributed by atoms with Gasteiger partial charge in [0.15, 0.2) is 68.3 Å². The molecule has 0 saturated carbocycles. The third-order valence-electron chi connectivity index (χ3n) is 14.1. The van der Waals surface area contributed by atoms with Gasteiger partial charge in [0.2, 0.25) is 34.9 Å². The lowest BCUT2D eigenvalue weighted by molar-refractivity contribution is 0.0531. The molecule has 10 rings (SSSR count). The van der Waals surface area contributed by atoms with Crippen LogP contribution in [0.25, 0.3) is 44.4 Å². The number of halogens is 8. The molecule has 0 aliphatic carbocycles. The van der Waals surface area contributed by atoms with E-state index in [-0.39, 0.29) is 118 Å². The number of ether oxygens (including phenoxy) is 6. The number of carbonyl (C=O) groups excluding carboxylic acids is 1. The molecule has 35 heteroatoms. The Kier molecular flexibility index (Phi) is 35.5. The molecule has 108 heavy (non-hydrogen) atoms. The standard InChI is InChI=1S/C19H25F2N3O4.C14H17F2N3O2.C12H16FNO2S.C11H13FN2O2.C10H11FN2O2.C7H8FNO2/c1-5-8-22-17-24-13-6-7-14(15(21)16(13)27-17)26-11-12(9-20)10-23-18(25)28-19(2,3)4;1-2-5-18-14-19-10-3-4-11(12(16)13(10)21-14)20-8-9(6-15)7-17;1-3-4-5-10(17)14-8-6-7-9(16-2)11(13)12(8)15;1-3-6-13-11-14-7-4-5-8(15-2)9(12)10(7)16-11;1-2-5-12-10-13-6-3-4-7(14)8(11)9(6)15-10;1-11-5-3-2-4(9)7(10)6(5)8/h6-7,9H,5,8,10-11H2,1-4H3,(H,22,24)(H,23,25);3-4,6H,2,5,7-8,17H2,1H3,(H,18,19);6-7,15H,3-5H2,1-2H3,(H,14,17);4-5H,3,6H2,1-2H3,(H,13,14);3-4,14H,2,5H2,1H3,(H,12,13);2-3,10H,9H2,1H3/b12-9+;9-6+;;;;. The summed E-state index contributed by atoms with van der Waals surface area (Å²) in [4.78, 5) is 28.6. The molecule has 4 heterocycles. The number of phenols is 3. The number of rotatable bonds is 28. The normalized spacial score (nSPS) is 11.1. The number of nitrogens with one attached hydrogen (secondary N) is 6. The van der Waals surface area contributed by atoms with Crippen molar-refractivity contribution in [3.05, 3.63) is 132 Å². The number of unbranched alkanes of at least 4 members (excludes halogenated alkanes) is 1. The Bertz CT molecular complexity index is 4590. The van der Waals surface area contributed by atoms with E-state index < -0.39 is 63.8 Å². The van der Waals surface area contributed by atoms with E-state index in [1.54, 1.807) is 39.0 Å². The van der Waals surface area contributed by atoms with Crippen molar-refractivity contribution in [2.75, 3.05) is 106 Å². The van der Waals surface area contributed by atoms with Gasteiger partial charge in [0, 0.05) is 50.4 Å². The van der Waals surface area contributed by atoms with Crippen LogP contribution in [-0.2, 0) is 4.74 Å². The van der Waals surface area contributed by atoms with Crippen LogP contribution >= 0.6 is 12.2 Å². The average molecular weight is 1540 g/mol. The van der Waals surface area contributed by atoms with Gasteiger partial charge in [0.1, 0.15) is 40.9 Å². The van der Waals surface area contributed by atoms with Crippen molar-refractivity contribution in [2.24, 2.45) is 5.73 Å². The monoisotopic (exact) mass is 1540 g/mol. The van der Waals surface area contributed by atoms with Gasteiger partial charge in [-0.2, -0.15) is 46.3 Å². The van der Waals surface area contributed by atoms with E-state index in [1.807, 2.05) is 27.7 Å². The molecule has 1 amide bonds. The first-order valence-corrected chi connectivity index (χ1v) is 34.3. The summed E-state index contributed by atoms with van der Waals surface area (Å²) in [6.07, 6.45) is 6.32. The number of nitrogens with two attached hydrogens (primary N) is 2. The summed E-state index contributed by atoms with van der Waals surface area (Å²) in [5, 5.41) is 44.6. The molecule has 0 atom stereocenters. The van der Waals surface area contributed by atoms with Gasteiger partial charge in [0.05, 0.1) is 50.4 Å². The summed E-state index contributed by atoms with van der Waals surface area (Å²) in [5.74, 6) is -5.75. The van der Waals surface area contributed by atoms with Crippen molar-refractivity contribution in [3.8, 4) is 46.0 Å². The van der Waals surface area contributed by atoms with E-state index in [0.717, 1.165) is 51.5 Å². The van der Waals surface area contributed by atoms with Crippen LogP contribution in [0.5, 0.6) is 46.0 Å². The number of aromatic hydroxyl groups is 3. The third kappa shape index (κ3) is 26.0. The third-order valence-corrected chi connectivity index (χ3v) is 14.4. The molecule has 0 saturated heterocycles. The summed E-state index contributed by atoms with van der Waals surface area (Å²) < 4.78 is 158. The molecule has 10 aromatic rings. The number of hydrogen-bond acceptors (Lipinski definition) is 25. The van der Waals surface area contributed by atoms with E-state index in [4.69, 9.17) is 75.3 Å². The second-order valence-corrected chi connectivity index (χ2v) is 24.2. The summed E-state index contributed by atoms with van der Waals surface area (Å²) in [5.41, 5.74) is 12.1. The number of thiocarbonyl (C=S) groups is 1. The lowest BCUT2D eigenvalue weighted by Gasteiger charge is -2.20. The Balaban J connectivity index is 0.000000238. The number of nitrogen functional groups attached to an aromatic ring is 1. The molecule has 0 spiro atoms. The number of fused-ring (bicyclic) bond motifs is 4. The van der Waals surface area contributed by atoms with Crippen molar-refractivity contribution >= 4 is 103 Å². The number of amides is 1. The van der Waals surface area contributed by atoms with Crippen LogP contribution in [0.15, 0.2) is 114 Å². The Labute approximate surface area is 622 Å². The number of anilines is 6. The van der Waals surface area contributed by atoms with Gasteiger partial charge in [-0.3, -0.25) is 0 Å². The number of carbonyl (C=O) groups is 1. The van der Waals surface area contributed by atoms with Crippen molar-refractivity contribution in [1.29, 1.82) is 0 Å². The van der Waals surface area contributed by atoms with Crippen LogP contribution in [0, 0.1) is 34.9 Å². The molecule has 0 unspecified atom stereocenters. The largest absolute Gasteiger partial charge is 0.505 e. The average Bonchev–Trinajstić information content (AvgIpc) is 1.21. The highest BCUT2D eigenvalue weighted by Gasteiger charge is 2.22. The zero-order valence-corrected chi connectivity index (χ0v) is 62.2. The van der Waals surface area contributed by atoms with Crippen LogP contribution in [0.2, 0.25) is 0 Å². The van der Waals surface area contributed by atoms with E-state index in [9.17, 15) is 45.0 Å². The number of benzene rings is 6. The minimum Gasteiger partial charge on any atom is -0.505 e. The number of nitrogens with zero attached hydrogens (tertiary/aromatic N) is 4. The van der Waals surface area contributed by atoms with E-state index in [0.29, 0.717) is 65.4 Å². The molecule has 0 fully saturated rings. The number of aromatic nitrogens is 4. The zero-order valence-electron chi connectivity index (χ0n) is 61.4. The van der Waals surface area contributed by atoms with Gasteiger partial charge >= 0.3 is 6.09 Å². The van der Waals surface area contributed by atoms with E-state index in [2.05, 4.69) is 63.5 Å². The minimum atomic E-state index is -0.826. The Hall–Kier alpha value is -11.4. The highest BCUT2D eigenvalue weighted by molar-refractivity contribution is 7.80. The predicted molar refractivity (Wildman–Crippen MR) is 401 cm³/mol. The highest BCUT2D eigenvalue weighted by Crippen LogP contribution is 2.36. The fourth-order valence-electron chi connectivity index (χ4n) is 8.56. The molecule has 0 radical (unpaired) electrons. The topological polar surface area (TPSA) is 361 Å². The van der Waals surface area contributed by atoms with Gasteiger partial charge in [-0.1, -0.05) is 53.3 Å². The lowest BCUT2D eigenvalue weighted by Crippen LogP contribution is -2.34. The van der Waals surface area contributed by atoms with Crippen molar-refractivity contribution in [2.45, 2.75) is 106 Å². The molecular formula is C73H90F8N12O14S. The molecule has 6 aromatic carbocycles. The summed E-state index contributed by atoms with van der Waals surface area (Å²) in [6, 6.07) is 18.7. The fraction of sp³-hybridized carbons (Fsp3) is 0.370. The molecule has 0 aliphatic rings. The highest BCUT2D eigenvalue weighted by atomic mass is 32.1. The summed E-state index contributed by atoms with van der Waals surface area (Å²) in [6.45, 7) is 17.5. The minimum absolute atomic E-state index is 0.00306. The molecule has 13 N–H and O–H groups in total. The van der Waals surface area contributed by atoms with E-state index in [1.165, 1.54) is 75.9 Å². The maximum Gasteiger partial charge on any atom is 0.407 e. The smallest absolute Gasteiger partial charge is 0.407 e. The lowest BCUT2D eigenvalue weighted by atomic mass is 10.2. The summed E-state index contributed by atoms with van der Waals surface area (Å²) in [7, 11) is 4.07. The van der Waals surface area contributed by atoms with Crippen molar-refractivity contribution in [1.82, 2.24) is 25.3 Å². The number of alkyl carbamates (subject to hydrolysis) is 1. The van der Waals surface area contributed by atoms with Gasteiger partial charge in [0.25, 0.3) is 24.1 Å². The van der Waals surface area contributed by atoms with Gasteiger partial charge in [-0.25, -0.2) is 13.6 Å². The number of phenolic OH excluding ortho intramolecular Hbond substituents is 3. The van der Waals surface area contributed by atoms with Crippen LogP contribution in [-0.4, -0.2) is 126 Å². The second-order valence-electron chi connectivity index (χ2n) is 23.7. The zero-order chi connectivity index (χ0) is 79.6. The van der Waals surface area contributed by atoms with Crippen molar-refractivity contribution < 1.29 is 101 Å². The van der Waals surface area contributed by atoms with E-state index >= 15 is 0 Å². The Morgan fingerprint density at radius 1 is 0.519 bits per heavy atom. The molecule has 588 valence electrons. The Morgan fingerprint density at radius 3 is 1.29 bits per heavy atom.